The molecule has 0 amide bonds. The monoisotopic (exact) mass is 278 g/mol. The van der Waals surface area contributed by atoms with Gasteiger partial charge in [-0.3, -0.25) is 0 Å². The van der Waals surface area contributed by atoms with E-state index < -0.39 is 0 Å². The van der Waals surface area contributed by atoms with E-state index in [4.69, 9.17) is 0 Å². The Bertz CT molecular complexity index is 446. The Balaban J connectivity index is 2.22. The van der Waals surface area contributed by atoms with Crippen molar-refractivity contribution in [3.8, 4) is 6.07 Å². The number of benzene rings is 1. The molecule has 1 aliphatic heterocycles. The first-order valence-electron chi connectivity index (χ1n) is 6.15. The lowest BCUT2D eigenvalue weighted by molar-refractivity contribution is 0.591. The summed E-state index contributed by atoms with van der Waals surface area (Å²) in [6.45, 7) is 2.13. The number of nitriles is 1. The molecule has 18 heavy (non-hydrogen) atoms. The summed E-state index contributed by atoms with van der Waals surface area (Å²) >= 11 is 3.61. The van der Waals surface area contributed by atoms with Gasteiger partial charge >= 0.3 is 0 Å². The molecule has 4 heteroatoms. The Morgan fingerprint density at radius 3 is 2.56 bits per heavy atom. The van der Waals surface area contributed by atoms with E-state index in [1.165, 1.54) is 12.8 Å². The predicted molar refractivity (Wildman–Crippen MR) is 81.7 cm³/mol. The van der Waals surface area contributed by atoms with Crippen molar-refractivity contribution in [1.82, 2.24) is 0 Å². The molecule has 0 aromatic heterocycles. The minimum atomic E-state index is 0.788. The van der Waals surface area contributed by atoms with E-state index in [-0.39, 0.29) is 0 Å². The van der Waals surface area contributed by atoms with Crippen LogP contribution in [0.15, 0.2) is 23.1 Å². The van der Waals surface area contributed by atoms with Crippen LogP contribution >= 0.6 is 23.5 Å². The maximum Gasteiger partial charge on any atom is 0.103 e. The Hall–Kier alpha value is -0.790. The van der Waals surface area contributed by atoms with Crippen molar-refractivity contribution in [2.24, 2.45) is 0 Å². The zero-order chi connectivity index (χ0) is 13.0. The molecule has 96 valence electrons. The van der Waals surface area contributed by atoms with E-state index in [0.717, 1.165) is 34.5 Å². The van der Waals surface area contributed by atoms with Gasteiger partial charge in [-0.25, -0.2) is 0 Å². The lowest BCUT2D eigenvalue weighted by Gasteiger charge is -2.33. The highest BCUT2D eigenvalue weighted by Crippen LogP contribution is 2.32. The number of piperidine rings is 1. The second-order valence-electron chi connectivity index (χ2n) is 4.39. The molecule has 0 spiro atoms. The van der Waals surface area contributed by atoms with Crippen molar-refractivity contribution in [2.75, 3.05) is 30.5 Å². The van der Waals surface area contributed by atoms with Crippen molar-refractivity contribution in [3.63, 3.8) is 0 Å². The molecule has 1 aromatic carbocycles. The van der Waals surface area contributed by atoms with Gasteiger partial charge in [0, 0.05) is 23.2 Å². The molecule has 1 aromatic rings. The van der Waals surface area contributed by atoms with Crippen LogP contribution in [0.4, 0.5) is 5.69 Å². The van der Waals surface area contributed by atoms with Crippen molar-refractivity contribution in [1.29, 1.82) is 5.26 Å². The van der Waals surface area contributed by atoms with Gasteiger partial charge < -0.3 is 4.90 Å². The van der Waals surface area contributed by atoms with E-state index in [1.54, 1.807) is 11.8 Å². The Morgan fingerprint density at radius 2 is 2.00 bits per heavy atom. The summed E-state index contributed by atoms with van der Waals surface area (Å²) in [6, 6.07) is 8.54. The third-order valence-corrected chi connectivity index (χ3v) is 5.37. The lowest BCUT2D eigenvalue weighted by atomic mass is 10.1. The van der Waals surface area contributed by atoms with Crippen molar-refractivity contribution in [2.45, 2.75) is 23.0 Å². The van der Waals surface area contributed by atoms with Crippen LogP contribution < -0.4 is 4.90 Å². The molecule has 0 atom stereocenters. The summed E-state index contributed by atoms with van der Waals surface area (Å²) in [5, 5.41) is 10.2. The molecule has 0 radical (unpaired) electrons. The highest BCUT2D eigenvalue weighted by molar-refractivity contribution is 7.99. The lowest BCUT2D eigenvalue weighted by Crippen LogP contribution is -2.35. The Labute approximate surface area is 118 Å². The summed E-state index contributed by atoms with van der Waals surface area (Å²) in [6.07, 6.45) is 6.65. The topological polar surface area (TPSA) is 27.0 Å². The van der Waals surface area contributed by atoms with Gasteiger partial charge in [-0.1, -0.05) is 6.07 Å². The number of nitrogens with zero attached hydrogens (tertiary/aromatic N) is 2. The van der Waals surface area contributed by atoms with Crippen molar-refractivity contribution >= 4 is 29.2 Å². The first-order valence-corrected chi connectivity index (χ1v) is 8.66. The van der Waals surface area contributed by atoms with Gasteiger partial charge in [-0.2, -0.15) is 17.0 Å². The molecule has 0 unspecified atom stereocenters. The molecular formula is C14H18N2S2. The zero-order valence-electron chi connectivity index (χ0n) is 10.8. The fourth-order valence-corrected chi connectivity index (χ4v) is 3.65. The Morgan fingerprint density at radius 1 is 1.28 bits per heavy atom. The first kappa shape index (κ1) is 13.6. The van der Waals surface area contributed by atoms with Gasteiger partial charge in [0.1, 0.15) is 6.07 Å². The number of hydrogen-bond acceptors (Lipinski definition) is 4. The van der Waals surface area contributed by atoms with E-state index >= 15 is 0 Å². The number of rotatable bonds is 3. The third kappa shape index (κ3) is 2.78. The third-order valence-electron chi connectivity index (χ3n) is 3.45. The second-order valence-corrected chi connectivity index (χ2v) is 6.37. The van der Waals surface area contributed by atoms with Gasteiger partial charge in [0.15, 0.2) is 0 Å². The Kier molecular flexibility index (Phi) is 4.85. The quantitative estimate of drug-likeness (QED) is 0.789. The molecule has 0 bridgehead atoms. The zero-order valence-corrected chi connectivity index (χ0v) is 12.5. The van der Waals surface area contributed by atoms with Crippen LogP contribution in [0.25, 0.3) is 0 Å². The van der Waals surface area contributed by atoms with Crippen LogP contribution in [-0.2, 0) is 0 Å². The molecule has 0 aliphatic carbocycles. The highest BCUT2D eigenvalue weighted by Gasteiger charge is 2.21. The molecule has 0 N–H and O–H groups in total. The van der Waals surface area contributed by atoms with E-state index in [2.05, 4.69) is 29.4 Å². The summed E-state index contributed by atoms with van der Waals surface area (Å²) in [5.74, 6) is 0. The maximum atomic E-state index is 9.37. The van der Waals surface area contributed by atoms with Crippen molar-refractivity contribution in [3.05, 3.63) is 23.8 Å². The van der Waals surface area contributed by atoms with Gasteiger partial charge in [0.05, 0.1) is 11.3 Å². The SMILES string of the molecule is CSc1cccc(N2CCC(SC)CC2)c1C#N. The van der Waals surface area contributed by atoms with E-state index in [0.29, 0.717) is 0 Å². The number of thioether (sulfide) groups is 2. The average Bonchev–Trinajstić information content (AvgIpc) is 2.46. The smallest absolute Gasteiger partial charge is 0.103 e. The number of hydrogen-bond donors (Lipinski definition) is 0. The van der Waals surface area contributed by atoms with Crippen LogP contribution in [-0.4, -0.2) is 30.9 Å². The average molecular weight is 278 g/mol. The summed E-state index contributed by atoms with van der Waals surface area (Å²) in [7, 11) is 0. The minimum Gasteiger partial charge on any atom is -0.370 e. The first-order chi connectivity index (χ1) is 8.80. The molecule has 1 aliphatic rings. The van der Waals surface area contributed by atoms with Crippen LogP contribution in [0.3, 0.4) is 0 Å². The molecule has 2 rings (SSSR count). The normalized spacial score (nSPS) is 16.6. The van der Waals surface area contributed by atoms with E-state index in [1.807, 2.05) is 24.1 Å². The fraction of sp³-hybridized carbons (Fsp3) is 0.500. The fourth-order valence-electron chi connectivity index (χ4n) is 2.40. The standard InChI is InChI=1S/C14H18N2S2/c1-17-11-6-8-16(9-7-11)13-4-3-5-14(18-2)12(13)10-15/h3-5,11H,6-9H2,1-2H3. The molecule has 0 saturated carbocycles. The van der Waals surface area contributed by atoms with Crippen LogP contribution in [0.1, 0.15) is 18.4 Å². The molecule has 1 heterocycles. The minimum absolute atomic E-state index is 0.788. The molecule has 2 nitrogen and oxygen atoms in total. The predicted octanol–water partition coefficient (Wildman–Crippen LogP) is 3.61. The summed E-state index contributed by atoms with van der Waals surface area (Å²) < 4.78 is 0. The van der Waals surface area contributed by atoms with E-state index in [9.17, 15) is 5.26 Å². The van der Waals surface area contributed by atoms with Crippen LogP contribution in [0.2, 0.25) is 0 Å². The van der Waals surface area contributed by atoms with Crippen molar-refractivity contribution < 1.29 is 0 Å². The van der Waals surface area contributed by atoms with Gasteiger partial charge in [0.25, 0.3) is 0 Å². The van der Waals surface area contributed by atoms with Gasteiger partial charge in [0.2, 0.25) is 0 Å². The van der Waals surface area contributed by atoms with Crippen LogP contribution in [0, 0.1) is 11.3 Å². The molecule has 1 fully saturated rings. The maximum absolute atomic E-state index is 9.37. The molecule has 1 saturated heterocycles. The second kappa shape index (κ2) is 6.40. The van der Waals surface area contributed by atoms with Gasteiger partial charge in [-0.15, -0.1) is 11.8 Å². The van der Waals surface area contributed by atoms with Gasteiger partial charge in [-0.05, 0) is 37.5 Å². The highest BCUT2D eigenvalue weighted by atomic mass is 32.2. The summed E-state index contributed by atoms with van der Waals surface area (Å²) in [4.78, 5) is 3.45. The molecular weight excluding hydrogens is 260 g/mol. The summed E-state index contributed by atoms with van der Waals surface area (Å²) in [5.41, 5.74) is 1.96. The number of anilines is 1. The van der Waals surface area contributed by atoms with Crippen LogP contribution in [0.5, 0.6) is 0 Å². The largest absolute Gasteiger partial charge is 0.370 e.